The van der Waals surface area contributed by atoms with Gasteiger partial charge >= 0.3 is 0 Å². The summed E-state index contributed by atoms with van der Waals surface area (Å²) < 4.78 is 6.97. The van der Waals surface area contributed by atoms with Crippen LogP contribution in [0.25, 0.3) is 0 Å². The van der Waals surface area contributed by atoms with Crippen LogP contribution in [0.3, 0.4) is 0 Å². The number of fused-ring (bicyclic) bond motifs is 4. The molecule has 5 heteroatoms. The maximum atomic E-state index is 14.7. The predicted molar refractivity (Wildman–Crippen MR) is 152 cm³/mol. The molecule has 5 nitrogen and oxygen atoms in total. The van der Waals surface area contributed by atoms with Crippen molar-refractivity contribution in [2.75, 3.05) is 0 Å². The van der Waals surface area contributed by atoms with E-state index in [2.05, 4.69) is 51.7 Å². The summed E-state index contributed by atoms with van der Waals surface area (Å²) in [7, 11) is 0. The molecule has 4 bridgehead atoms. The van der Waals surface area contributed by atoms with Gasteiger partial charge in [-0.2, -0.15) is 0 Å². The first-order chi connectivity index (χ1) is 18.4. The highest BCUT2D eigenvalue weighted by Gasteiger charge is 2.63. The van der Waals surface area contributed by atoms with Crippen LogP contribution in [0.2, 0.25) is 0 Å². The minimum Gasteiger partial charge on any atom is -0.490 e. The van der Waals surface area contributed by atoms with Gasteiger partial charge in [0.2, 0.25) is 0 Å². The molecule has 206 valence electrons. The number of Topliss-reactive ketones (excluding diaryl/α,β-unsaturated/α-hetero) is 1. The van der Waals surface area contributed by atoms with E-state index in [9.17, 15) is 14.7 Å². The second-order valence-corrected chi connectivity index (χ2v) is 13.4. The van der Waals surface area contributed by atoms with Crippen LogP contribution in [0.5, 0.6) is 5.75 Å². The lowest BCUT2D eigenvalue weighted by molar-refractivity contribution is -0.129. The summed E-state index contributed by atoms with van der Waals surface area (Å²) in [5.74, 6) is 1.47. The number of carbonyl (C=O) groups is 2. The van der Waals surface area contributed by atoms with Gasteiger partial charge in [0, 0.05) is 29.6 Å². The summed E-state index contributed by atoms with van der Waals surface area (Å²) in [5, 5.41) is 14.1. The molecular formula is C34H41NO4. The summed E-state index contributed by atoms with van der Waals surface area (Å²) in [5.41, 5.74) is 0.978. The molecule has 0 spiro atoms. The molecule has 1 aromatic carbocycles. The van der Waals surface area contributed by atoms with Crippen LogP contribution in [0.1, 0.15) is 53.0 Å². The van der Waals surface area contributed by atoms with Crippen molar-refractivity contribution in [3.05, 3.63) is 77.4 Å². The van der Waals surface area contributed by atoms with Gasteiger partial charge in [0.25, 0.3) is 5.91 Å². The molecular weight excluding hydrogens is 486 g/mol. The standard InChI is InChI=1S/C34H41NO4/c1-7-18(2)14-33(6)15-21(5)26-24-13-19(3)12-20(4)27(24)31-28(26)29(33)30(36)25-17-34(38,35-32(25)37)16-22-8-10-23(39-31)11-9-22/h7-11,14-15,17,19-20,24,26-29,31,38H,1,12-13,16H2,2-6H3,(H,35,37)/b18-14+/t19-,20+,24+,26+,27-,28+,29+,31?,33+,34-/m0/s1. The molecule has 1 aromatic rings. The van der Waals surface area contributed by atoms with E-state index in [-0.39, 0.29) is 35.7 Å². The van der Waals surface area contributed by atoms with Crippen molar-refractivity contribution < 1.29 is 19.4 Å². The normalized spacial score (nSPS) is 43.1. The number of benzene rings is 1. The highest BCUT2D eigenvalue weighted by Crippen LogP contribution is 2.63. The average molecular weight is 528 g/mol. The van der Waals surface area contributed by atoms with Crippen molar-refractivity contribution in [2.24, 2.45) is 46.8 Å². The zero-order valence-corrected chi connectivity index (χ0v) is 23.7. The van der Waals surface area contributed by atoms with Crippen molar-refractivity contribution in [1.82, 2.24) is 5.32 Å². The number of amides is 1. The Morgan fingerprint density at radius 3 is 2.54 bits per heavy atom. The number of hydrogen-bond donors (Lipinski definition) is 2. The van der Waals surface area contributed by atoms with Gasteiger partial charge in [-0.1, -0.05) is 68.9 Å². The molecule has 2 saturated carbocycles. The lowest BCUT2D eigenvalue weighted by atomic mass is 9.57. The highest BCUT2D eigenvalue weighted by molar-refractivity contribution is 6.22. The number of nitrogens with one attached hydrogen (secondary N) is 1. The molecule has 2 N–H and O–H groups in total. The predicted octanol–water partition coefficient (Wildman–Crippen LogP) is 5.56. The quantitative estimate of drug-likeness (QED) is 0.300. The van der Waals surface area contributed by atoms with E-state index in [0.717, 1.165) is 29.7 Å². The van der Waals surface area contributed by atoms with E-state index in [1.54, 1.807) is 0 Å². The molecule has 2 fully saturated rings. The molecule has 0 saturated heterocycles. The summed E-state index contributed by atoms with van der Waals surface area (Å²) in [4.78, 5) is 28.0. The Bertz CT molecular complexity index is 1320. The van der Waals surface area contributed by atoms with Crippen LogP contribution in [0.4, 0.5) is 0 Å². The number of hydrogen-bond acceptors (Lipinski definition) is 4. The van der Waals surface area contributed by atoms with Crippen LogP contribution >= 0.6 is 0 Å². The molecule has 0 radical (unpaired) electrons. The third-order valence-corrected chi connectivity index (χ3v) is 10.4. The zero-order chi connectivity index (χ0) is 27.9. The average Bonchev–Trinajstić information content (AvgIpc) is 3.33. The Kier molecular flexibility index (Phi) is 6.11. The Hall–Kier alpha value is -2.92. The van der Waals surface area contributed by atoms with Crippen molar-refractivity contribution >= 4 is 11.7 Å². The Balaban J connectivity index is 1.61. The van der Waals surface area contributed by atoms with Gasteiger partial charge in [-0.3, -0.25) is 9.59 Å². The molecule has 1 amide bonds. The second-order valence-electron chi connectivity index (χ2n) is 13.4. The van der Waals surface area contributed by atoms with Gasteiger partial charge in [-0.05, 0) is 74.1 Å². The topological polar surface area (TPSA) is 75.6 Å². The van der Waals surface area contributed by atoms with E-state index in [0.29, 0.717) is 23.7 Å². The van der Waals surface area contributed by atoms with Crippen LogP contribution in [-0.2, 0) is 16.0 Å². The number of carbonyl (C=O) groups excluding carboxylic acids is 2. The summed E-state index contributed by atoms with van der Waals surface area (Å²) in [6, 6.07) is 7.84. The van der Waals surface area contributed by atoms with Crippen LogP contribution in [0, 0.1) is 46.8 Å². The highest BCUT2D eigenvalue weighted by atomic mass is 16.5. The van der Waals surface area contributed by atoms with Crippen LogP contribution < -0.4 is 10.1 Å². The summed E-state index contributed by atoms with van der Waals surface area (Å²) >= 11 is 0. The van der Waals surface area contributed by atoms with Gasteiger partial charge in [0.1, 0.15) is 11.9 Å². The maximum absolute atomic E-state index is 14.7. The molecule has 3 aliphatic heterocycles. The van der Waals surface area contributed by atoms with Crippen molar-refractivity contribution in [1.29, 1.82) is 0 Å². The Labute approximate surface area is 232 Å². The number of allylic oxidation sites excluding steroid dienone is 5. The minimum atomic E-state index is -1.60. The SMILES string of the molecule is C=C/C(C)=C/[C@]1(C)C=C(C)[C@@H]2[C@H]3C[C@@H](C)C[C@@H](C)[C@@H]3C3Oc4ccc(cc4)C[C@]4(O)C=C(C(=O)N4)C(=O)[C@H]1[C@H]32. The fraction of sp³-hybridized carbons (Fsp3) is 0.529. The minimum absolute atomic E-state index is 0.0649. The van der Waals surface area contributed by atoms with Crippen molar-refractivity contribution in [3.63, 3.8) is 0 Å². The first-order valence-electron chi connectivity index (χ1n) is 14.5. The van der Waals surface area contributed by atoms with Gasteiger partial charge in [-0.15, -0.1) is 0 Å². The van der Waals surface area contributed by atoms with Crippen LogP contribution in [-0.4, -0.2) is 28.6 Å². The Morgan fingerprint density at radius 2 is 1.85 bits per heavy atom. The van der Waals surface area contributed by atoms with Gasteiger partial charge in [0.05, 0.1) is 5.57 Å². The molecule has 0 aromatic heterocycles. The van der Waals surface area contributed by atoms with Crippen molar-refractivity contribution in [3.8, 4) is 5.75 Å². The van der Waals surface area contributed by atoms with Gasteiger partial charge < -0.3 is 15.2 Å². The smallest absolute Gasteiger partial charge is 0.257 e. The summed E-state index contributed by atoms with van der Waals surface area (Å²) in [6.45, 7) is 15.0. The molecule has 6 aliphatic rings. The van der Waals surface area contributed by atoms with E-state index in [1.807, 2.05) is 37.3 Å². The van der Waals surface area contributed by atoms with E-state index in [4.69, 9.17) is 4.74 Å². The first-order valence-corrected chi connectivity index (χ1v) is 14.5. The van der Waals surface area contributed by atoms with E-state index >= 15 is 0 Å². The molecule has 10 atom stereocenters. The summed E-state index contributed by atoms with van der Waals surface area (Å²) in [6.07, 6.45) is 9.98. The van der Waals surface area contributed by atoms with E-state index < -0.39 is 23.0 Å². The lowest BCUT2D eigenvalue weighted by Crippen LogP contribution is -2.49. The molecule has 39 heavy (non-hydrogen) atoms. The largest absolute Gasteiger partial charge is 0.490 e. The second kappa shape index (κ2) is 9.05. The lowest BCUT2D eigenvalue weighted by Gasteiger charge is -2.46. The van der Waals surface area contributed by atoms with Gasteiger partial charge in [0.15, 0.2) is 11.5 Å². The Morgan fingerprint density at radius 1 is 1.13 bits per heavy atom. The van der Waals surface area contributed by atoms with Gasteiger partial charge in [-0.25, -0.2) is 0 Å². The van der Waals surface area contributed by atoms with Crippen LogP contribution in [0.15, 0.2) is 71.9 Å². The third-order valence-electron chi connectivity index (χ3n) is 10.4. The maximum Gasteiger partial charge on any atom is 0.257 e. The number of aliphatic hydroxyl groups is 1. The molecule has 3 aliphatic carbocycles. The fourth-order valence-electron chi connectivity index (χ4n) is 9.26. The molecule has 7 rings (SSSR count). The first kappa shape index (κ1) is 26.3. The third kappa shape index (κ3) is 4.16. The number of ether oxygens (including phenoxy) is 1. The molecule has 3 heterocycles. The number of ketones is 1. The monoisotopic (exact) mass is 527 g/mol. The van der Waals surface area contributed by atoms with Crippen molar-refractivity contribution in [2.45, 2.75) is 65.7 Å². The van der Waals surface area contributed by atoms with E-state index in [1.165, 1.54) is 11.6 Å². The fourth-order valence-corrected chi connectivity index (χ4v) is 9.26. The zero-order valence-electron chi connectivity index (χ0n) is 23.7. The number of rotatable bonds is 2. The molecule has 1 unspecified atom stereocenters.